The van der Waals surface area contributed by atoms with E-state index in [0.717, 1.165) is 12.1 Å². The Morgan fingerprint density at radius 3 is 2.32 bits per heavy atom. The van der Waals surface area contributed by atoms with Gasteiger partial charge in [0.25, 0.3) is 5.91 Å². The van der Waals surface area contributed by atoms with Crippen LogP contribution in [0.2, 0.25) is 5.02 Å². The molecule has 1 aliphatic heterocycles. The minimum atomic E-state index is -4.12. The van der Waals surface area contributed by atoms with Crippen LogP contribution in [0.3, 0.4) is 0 Å². The number of anilines is 1. The van der Waals surface area contributed by atoms with Gasteiger partial charge in [0, 0.05) is 37.4 Å². The number of aromatic nitrogens is 2. The molecule has 230 valence electrons. The fraction of sp³-hybridized carbons (Fsp3) is 0.258. The van der Waals surface area contributed by atoms with Crippen LogP contribution in [0.1, 0.15) is 38.9 Å². The highest BCUT2D eigenvalue weighted by molar-refractivity contribution is 7.89. The number of carboxylic acids is 1. The summed E-state index contributed by atoms with van der Waals surface area (Å²) in [6.45, 7) is 7.97. The molecule has 0 atom stereocenters. The molecule has 11 nitrogen and oxygen atoms in total. The predicted molar refractivity (Wildman–Crippen MR) is 167 cm³/mol. The van der Waals surface area contributed by atoms with Crippen LogP contribution >= 0.6 is 11.6 Å². The molecule has 4 aromatic rings. The molecule has 0 radical (unpaired) electrons. The zero-order valence-electron chi connectivity index (χ0n) is 24.4. The monoisotopic (exact) mass is 637 g/mol. The minimum Gasteiger partial charge on any atom is -0.476 e. The maximum Gasteiger partial charge on any atom is 0.356 e. The van der Waals surface area contributed by atoms with Crippen molar-refractivity contribution >= 4 is 39.2 Å². The van der Waals surface area contributed by atoms with E-state index in [1.165, 1.54) is 27.2 Å². The number of piperazine rings is 1. The largest absolute Gasteiger partial charge is 0.476 e. The van der Waals surface area contributed by atoms with Crippen LogP contribution < -0.4 is 10.1 Å². The molecule has 1 saturated heterocycles. The van der Waals surface area contributed by atoms with Crippen molar-refractivity contribution < 1.29 is 27.9 Å². The number of nitrogens with zero attached hydrogens (tertiary/aromatic N) is 4. The third kappa shape index (κ3) is 6.34. The first-order valence-corrected chi connectivity index (χ1v) is 15.8. The second kappa shape index (κ2) is 12.8. The fourth-order valence-electron chi connectivity index (χ4n) is 4.91. The third-order valence-corrected chi connectivity index (χ3v) is 9.72. The number of hydrogen-bond acceptors (Lipinski definition) is 7. The average Bonchev–Trinajstić information content (AvgIpc) is 3.34. The summed E-state index contributed by atoms with van der Waals surface area (Å²) in [6.07, 6.45) is 0. The maximum atomic E-state index is 14.1. The van der Waals surface area contributed by atoms with Crippen LogP contribution in [0.4, 0.5) is 5.69 Å². The lowest BCUT2D eigenvalue weighted by Crippen LogP contribution is -2.48. The zero-order valence-corrected chi connectivity index (χ0v) is 26.0. The molecule has 0 aliphatic carbocycles. The molecule has 0 bridgehead atoms. The van der Waals surface area contributed by atoms with Gasteiger partial charge in [-0.2, -0.15) is 14.1 Å². The van der Waals surface area contributed by atoms with E-state index in [2.05, 4.69) is 15.3 Å². The fourth-order valence-corrected chi connectivity index (χ4v) is 6.69. The van der Waals surface area contributed by atoms with Crippen LogP contribution in [0.15, 0.2) is 71.6 Å². The Morgan fingerprint density at radius 2 is 1.68 bits per heavy atom. The second-order valence-corrected chi connectivity index (χ2v) is 12.7. The number of likely N-dealkylation sites (N-methyl/N-ethyl adjacent to an activating group) is 1. The van der Waals surface area contributed by atoms with Crippen LogP contribution in [0.25, 0.3) is 5.69 Å². The number of nitrogens with one attached hydrogen (secondary N) is 1. The van der Waals surface area contributed by atoms with E-state index in [9.17, 15) is 23.1 Å². The van der Waals surface area contributed by atoms with Gasteiger partial charge in [-0.3, -0.25) is 4.79 Å². The summed E-state index contributed by atoms with van der Waals surface area (Å²) in [5.74, 6) is -1.76. The van der Waals surface area contributed by atoms with Crippen molar-refractivity contribution in [2.75, 3.05) is 38.0 Å². The van der Waals surface area contributed by atoms with Gasteiger partial charge < -0.3 is 20.1 Å². The molecule has 1 aliphatic rings. The van der Waals surface area contributed by atoms with E-state index in [0.29, 0.717) is 18.8 Å². The highest BCUT2D eigenvalue weighted by Crippen LogP contribution is 2.37. The van der Waals surface area contributed by atoms with Crippen molar-refractivity contribution in [2.45, 2.75) is 25.7 Å². The van der Waals surface area contributed by atoms with Gasteiger partial charge in [0.15, 0.2) is 5.69 Å². The molecule has 1 aromatic heterocycles. The summed E-state index contributed by atoms with van der Waals surface area (Å²) in [5.41, 5.74) is 1.95. The Hall–Kier alpha value is -4.23. The zero-order chi connectivity index (χ0) is 31.6. The number of aryl methyl sites for hydroxylation is 1. The van der Waals surface area contributed by atoms with Crippen LogP contribution in [-0.4, -0.2) is 77.1 Å². The van der Waals surface area contributed by atoms with E-state index < -0.39 is 21.9 Å². The van der Waals surface area contributed by atoms with Crippen molar-refractivity contribution in [1.82, 2.24) is 19.0 Å². The topological polar surface area (TPSA) is 134 Å². The van der Waals surface area contributed by atoms with E-state index in [4.69, 9.17) is 16.3 Å². The highest BCUT2D eigenvalue weighted by Gasteiger charge is 2.32. The van der Waals surface area contributed by atoms with Gasteiger partial charge in [-0.15, -0.1) is 0 Å². The number of aromatic carboxylic acids is 1. The lowest BCUT2D eigenvalue weighted by atomic mass is 10.2. The van der Waals surface area contributed by atoms with Gasteiger partial charge in [-0.25, -0.2) is 13.2 Å². The highest BCUT2D eigenvalue weighted by atomic mass is 35.5. The number of rotatable bonds is 9. The van der Waals surface area contributed by atoms with Gasteiger partial charge in [0.05, 0.1) is 16.3 Å². The van der Waals surface area contributed by atoms with Crippen molar-refractivity contribution in [3.05, 3.63) is 94.1 Å². The first kappa shape index (κ1) is 31.2. The van der Waals surface area contributed by atoms with Crippen LogP contribution in [-0.2, 0) is 10.0 Å². The SMILES string of the molecule is CCN1CCN(S(=O)(=O)c2cc(NC(=O)c3ccccc3Cl)ccc2Oc2c(C)c(C(=O)O)nn2-c2ccc(C)cc2)CC1. The first-order valence-electron chi connectivity index (χ1n) is 14.0. The molecule has 2 N–H and O–H groups in total. The van der Waals surface area contributed by atoms with Gasteiger partial charge >= 0.3 is 5.97 Å². The molecule has 1 amide bonds. The summed E-state index contributed by atoms with van der Waals surface area (Å²) in [4.78, 5) is 27.0. The normalized spacial score (nSPS) is 14.4. The van der Waals surface area contributed by atoms with Crippen molar-refractivity contribution in [3.63, 3.8) is 0 Å². The number of sulfonamides is 1. The molecule has 3 aromatic carbocycles. The molecular weight excluding hydrogens is 606 g/mol. The number of carbonyl (C=O) groups is 2. The Morgan fingerprint density at radius 1 is 1.00 bits per heavy atom. The number of ether oxygens (including phenoxy) is 1. The smallest absolute Gasteiger partial charge is 0.356 e. The summed E-state index contributed by atoms with van der Waals surface area (Å²) >= 11 is 6.21. The van der Waals surface area contributed by atoms with Gasteiger partial charge in [-0.05, 0) is 62.9 Å². The standard InChI is InChI=1S/C31H32ClN5O6S/c1-4-35-15-17-36(18-16-35)44(41,42)27-19-22(33-29(38)24-7-5-6-8-25(24)32)11-14-26(27)43-30-21(3)28(31(39)40)34-37(30)23-12-9-20(2)10-13-23/h5-14,19H,4,15-18H2,1-3H3,(H,33,38)(H,39,40). The Kier molecular flexibility index (Phi) is 9.07. The number of amides is 1. The van der Waals surface area contributed by atoms with Gasteiger partial charge in [0.1, 0.15) is 10.6 Å². The maximum absolute atomic E-state index is 14.1. The summed E-state index contributed by atoms with van der Waals surface area (Å²) < 4.78 is 37.2. The quantitative estimate of drug-likeness (QED) is 0.255. The molecule has 13 heteroatoms. The summed E-state index contributed by atoms with van der Waals surface area (Å²) in [7, 11) is -4.12. The third-order valence-electron chi connectivity index (χ3n) is 7.47. The molecule has 0 unspecified atom stereocenters. The molecule has 0 saturated carbocycles. The molecule has 5 rings (SSSR count). The number of carboxylic acid groups (broad SMARTS) is 1. The van der Waals surface area contributed by atoms with E-state index in [1.54, 1.807) is 43.3 Å². The number of hydrogen-bond donors (Lipinski definition) is 2. The lowest BCUT2D eigenvalue weighted by Gasteiger charge is -2.33. The van der Waals surface area contributed by atoms with Gasteiger partial charge in [0.2, 0.25) is 15.9 Å². The Labute approximate surface area is 260 Å². The van der Waals surface area contributed by atoms with Gasteiger partial charge in [-0.1, -0.05) is 48.4 Å². The predicted octanol–water partition coefficient (Wildman–Crippen LogP) is 5.21. The van der Waals surface area contributed by atoms with Crippen LogP contribution in [0, 0.1) is 13.8 Å². The van der Waals surface area contributed by atoms with E-state index >= 15 is 0 Å². The van der Waals surface area contributed by atoms with Crippen LogP contribution in [0.5, 0.6) is 11.6 Å². The molecule has 1 fully saturated rings. The average molecular weight is 638 g/mol. The number of benzene rings is 3. The van der Waals surface area contributed by atoms with Crippen molar-refractivity contribution in [3.8, 4) is 17.3 Å². The van der Waals surface area contributed by atoms with E-state index in [-0.39, 0.29) is 57.1 Å². The number of carbonyl (C=O) groups excluding carboxylic acids is 1. The van der Waals surface area contributed by atoms with Crippen molar-refractivity contribution in [1.29, 1.82) is 0 Å². The number of halogens is 1. The van der Waals surface area contributed by atoms with Crippen molar-refractivity contribution in [2.24, 2.45) is 0 Å². The second-order valence-electron chi connectivity index (χ2n) is 10.4. The molecule has 0 spiro atoms. The molecular formula is C31H32ClN5O6S. The molecule has 44 heavy (non-hydrogen) atoms. The van der Waals surface area contributed by atoms with E-state index in [1.807, 2.05) is 26.0 Å². The first-order chi connectivity index (χ1) is 21.0. The summed E-state index contributed by atoms with van der Waals surface area (Å²) in [6, 6.07) is 18.0. The Balaban J connectivity index is 1.59. The minimum absolute atomic E-state index is 0.0476. The Bertz CT molecular complexity index is 1820. The molecule has 2 heterocycles. The lowest BCUT2D eigenvalue weighted by molar-refractivity contribution is 0.0689. The summed E-state index contributed by atoms with van der Waals surface area (Å²) in [5, 5.41) is 17.0.